The highest BCUT2D eigenvalue weighted by Crippen LogP contribution is 2.26. The van der Waals surface area contributed by atoms with Crippen LogP contribution in [0.15, 0.2) is 42.7 Å². The number of carbonyl (C=O) groups excluding carboxylic acids is 1. The predicted octanol–water partition coefficient (Wildman–Crippen LogP) is 3.58. The van der Waals surface area contributed by atoms with Crippen LogP contribution in [0.4, 0.5) is 0 Å². The zero-order valence-electron chi connectivity index (χ0n) is 9.89. The van der Waals surface area contributed by atoms with Gasteiger partial charge in [0, 0.05) is 17.4 Å². The van der Waals surface area contributed by atoms with Crippen molar-refractivity contribution < 1.29 is 9.53 Å². The van der Waals surface area contributed by atoms with Crippen LogP contribution in [0.25, 0.3) is 11.1 Å². The molecule has 0 atom stereocenters. The quantitative estimate of drug-likeness (QED) is 0.793. The Hall–Kier alpha value is -1.87. The molecular weight excluding hydrogens is 250 g/mol. The smallest absolute Gasteiger partial charge is 0.338 e. The lowest BCUT2D eigenvalue weighted by Gasteiger charge is -2.09. The Morgan fingerprint density at radius 2 is 2.00 bits per heavy atom. The van der Waals surface area contributed by atoms with Crippen molar-refractivity contribution in [2.45, 2.75) is 6.92 Å². The summed E-state index contributed by atoms with van der Waals surface area (Å²) in [6, 6.07) is 8.86. The number of carbonyl (C=O) groups is 1. The Labute approximate surface area is 110 Å². The molecular formula is C14H12ClNO2. The Morgan fingerprint density at radius 1 is 1.28 bits per heavy atom. The van der Waals surface area contributed by atoms with Crippen molar-refractivity contribution in [3.8, 4) is 11.1 Å². The Kier molecular flexibility index (Phi) is 3.95. The molecule has 1 aromatic carbocycles. The molecule has 0 saturated heterocycles. The van der Waals surface area contributed by atoms with E-state index in [0.29, 0.717) is 17.2 Å². The van der Waals surface area contributed by atoms with Gasteiger partial charge in [0.15, 0.2) is 0 Å². The summed E-state index contributed by atoms with van der Waals surface area (Å²) in [5.41, 5.74) is 2.17. The van der Waals surface area contributed by atoms with Crippen LogP contribution >= 0.6 is 11.6 Å². The molecule has 0 fully saturated rings. The summed E-state index contributed by atoms with van der Waals surface area (Å²) < 4.78 is 5.03. The average Bonchev–Trinajstić information content (AvgIpc) is 2.40. The number of nitrogens with zero attached hydrogens (tertiary/aromatic N) is 1. The summed E-state index contributed by atoms with van der Waals surface area (Å²) in [6.45, 7) is 2.11. The fourth-order valence-electron chi connectivity index (χ4n) is 1.68. The number of halogens is 1. The highest BCUT2D eigenvalue weighted by Gasteiger charge is 2.14. The third kappa shape index (κ3) is 2.68. The van der Waals surface area contributed by atoms with Gasteiger partial charge in [-0.25, -0.2) is 4.79 Å². The number of rotatable bonds is 3. The van der Waals surface area contributed by atoms with E-state index in [-0.39, 0.29) is 5.97 Å². The van der Waals surface area contributed by atoms with Crippen molar-refractivity contribution in [2.24, 2.45) is 0 Å². The van der Waals surface area contributed by atoms with Crippen LogP contribution in [0.5, 0.6) is 0 Å². The van der Waals surface area contributed by atoms with E-state index in [1.54, 1.807) is 31.5 Å². The first-order valence-electron chi connectivity index (χ1n) is 5.59. The topological polar surface area (TPSA) is 39.2 Å². The maximum Gasteiger partial charge on any atom is 0.338 e. The third-order valence-electron chi connectivity index (χ3n) is 2.47. The average molecular weight is 262 g/mol. The Morgan fingerprint density at radius 3 is 2.67 bits per heavy atom. The fraction of sp³-hybridized carbons (Fsp3) is 0.143. The highest BCUT2D eigenvalue weighted by atomic mass is 35.5. The molecule has 0 saturated carbocycles. The van der Waals surface area contributed by atoms with Crippen molar-refractivity contribution in [1.82, 2.24) is 4.98 Å². The minimum Gasteiger partial charge on any atom is -0.462 e. The predicted molar refractivity (Wildman–Crippen MR) is 70.6 cm³/mol. The van der Waals surface area contributed by atoms with E-state index >= 15 is 0 Å². The van der Waals surface area contributed by atoms with Gasteiger partial charge < -0.3 is 4.74 Å². The Balaban J connectivity index is 2.51. The molecule has 0 N–H and O–H groups in total. The minimum atomic E-state index is -0.369. The lowest BCUT2D eigenvalue weighted by Crippen LogP contribution is -2.06. The van der Waals surface area contributed by atoms with Crippen molar-refractivity contribution in [3.05, 3.63) is 53.3 Å². The zero-order valence-corrected chi connectivity index (χ0v) is 10.6. The number of hydrogen-bond donors (Lipinski definition) is 0. The largest absolute Gasteiger partial charge is 0.462 e. The van der Waals surface area contributed by atoms with Gasteiger partial charge in [0.05, 0.1) is 12.2 Å². The third-order valence-corrected chi connectivity index (χ3v) is 2.70. The molecule has 3 nitrogen and oxygen atoms in total. The lowest BCUT2D eigenvalue weighted by molar-refractivity contribution is 0.0527. The maximum atomic E-state index is 11.9. The summed E-state index contributed by atoms with van der Waals surface area (Å²) in [6.07, 6.45) is 3.36. The molecule has 0 aliphatic heterocycles. The van der Waals surface area contributed by atoms with Crippen molar-refractivity contribution in [2.75, 3.05) is 6.61 Å². The van der Waals surface area contributed by atoms with Gasteiger partial charge in [0.1, 0.15) is 0 Å². The van der Waals surface area contributed by atoms with Gasteiger partial charge in [-0.3, -0.25) is 4.98 Å². The summed E-state index contributed by atoms with van der Waals surface area (Å²) in [7, 11) is 0. The molecule has 0 aliphatic carbocycles. The second kappa shape index (κ2) is 5.65. The standard InChI is InChI=1S/C14H12ClNO2/c1-2-18-14(17)13-9-11(15)3-4-12(13)10-5-7-16-8-6-10/h3-9H,2H2,1H3. The highest BCUT2D eigenvalue weighted by molar-refractivity contribution is 6.31. The number of benzene rings is 1. The summed E-state index contributed by atoms with van der Waals surface area (Å²) >= 11 is 5.93. The van der Waals surface area contributed by atoms with Crippen LogP contribution in [-0.4, -0.2) is 17.6 Å². The van der Waals surface area contributed by atoms with Gasteiger partial charge in [0.2, 0.25) is 0 Å². The van der Waals surface area contributed by atoms with E-state index in [9.17, 15) is 4.79 Å². The van der Waals surface area contributed by atoms with Gasteiger partial charge in [-0.2, -0.15) is 0 Å². The van der Waals surface area contributed by atoms with Crippen molar-refractivity contribution in [1.29, 1.82) is 0 Å². The monoisotopic (exact) mass is 261 g/mol. The summed E-state index contributed by atoms with van der Waals surface area (Å²) in [5.74, 6) is -0.369. The summed E-state index contributed by atoms with van der Waals surface area (Å²) in [4.78, 5) is 15.9. The van der Waals surface area contributed by atoms with Crippen LogP contribution in [-0.2, 0) is 4.74 Å². The van der Waals surface area contributed by atoms with Gasteiger partial charge in [0.25, 0.3) is 0 Å². The number of esters is 1. The first kappa shape index (κ1) is 12.6. The van der Waals surface area contributed by atoms with Crippen LogP contribution in [0.3, 0.4) is 0 Å². The van der Waals surface area contributed by atoms with Gasteiger partial charge in [-0.1, -0.05) is 17.7 Å². The Bertz CT molecular complexity index is 555. The molecule has 92 valence electrons. The second-order valence-electron chi connectivity index (χ2n) is 3.65. The van der Waals surface area contributed by atoms with E-state index in [0.717, 1.165) is 11.1 Å². The van der Waals surface area contributed by atoms with E-state index in [4.69, 9.17) is 16.3 Å². The van der Waals surface area contributed by atoms with Gasteiger partial charge >= 0.3 is 5.97 Å². The molecule has 0 unspecified atom stereocenters. The molecule has 0 aliphatic rings. The number of aromatic nitrogens is 1. The van der Waals surface area contributed by atoms with Crippen LogP contribution in [0.2, 0.25) is 5.02 Å². The van der Waals surface area contributed by atoms with Crippen LogP contribution in [0.1, 0.15) is 17.3 Å². The van der Waals surface area contributed by atoms with E-state index in [1.807, 2.05) is 18.2 Å². The zero-order chi connectivity index (χ0) is 13.0. The number of ether oxygens (including phenoxy) is 1. The molecule has 1 aromatic heterocycles. The van der Waals surface area contributed by atoms with Crippen LogP contribution in [0, 0.1) is 0 Å². The number of pyridine rings is 1. The normalized spacial score (nSPS) is 10.1. The first-order valence-corrected chi connectivity index (χ1v) is 5.97. The maximum absolute atomic E-state index is 11.9. The molecule has 1 heterocycles. The lowest BCUT2D eigenvalue weighted by atomic mass is 10.0. The molecule has 2 aromatic rings. The van der Waals surface area contributed by atoms with E-state index < -0.39 is 0 Å². The van der Waals surface area contributed by atoms with Gasteiger partial charge in [-0.05, 0) is 42.3 Å². The van der Waals surface area contributed by atoms with Crippen molar-refractivity contribution >= 4 is 17.6 Å². The second-order valence-corrected chi connectivity index (χ2v) is 4.08. The van der Waals surface area contributed by atoms with Crippen LogP contribution < -0.4 is 0 Å². The van der Waals surface area contributed by atoms with Crippen molar-refractivity contribution in [3.63, 3.8) is 0 Å². The fourth-order valence-corrected chi connectivity index (χ4v) is 1.85. The van der Waals surface area contributed by atoms with E-state index in [1.165, 1.54) is 0 Å². The molecule has 18 heavy (non-hydrogen) atoms. The molecule has 4 heteroatoms. The molecule has 0 radical (unpaired) electrons. The van der Waals surface area contributed by atoms with E-state index in [2.05, 4.69) is 4.98 Å². The first-order chi connectivity index (χ1) is 8.72. The van der Waals surface area contributed by atoms with Gasteiger partial charge in [-0.15, -0.1) is 0 Å². The SMILES string of the molecule is CCOC(=O)c1cc(Cl)ccc1-c1ccncc1. The molecule has 0 spiro atoms. The molecule has 0 amide bonds. The summed E-state index contributed by atoms with van der Waals surface area (Å²) in [5, 5.41) is 0.510. The molecule has 2 rings (SSSR count). The molecule has 0 bridgehead atoms. The minimum absolute atomic E-state index is 0.334. The number of hydrogen-bond acceptors (Lipinski definition) is 3.